The van der Waals surface area contributed by atoms with E-state index in [2.05, 4.69) is 0 Å². The molecule has 0 atom stereocenters. The van der Waals surface area contributed by atoms with E-state index in [1.54, 1.807) is 23.7 Å². The third-order valence-electron chi connectivity index (χ3n) is 3.17. The van der Waals surface area contributed by atoms with Gasteiger partial charge in [0, 0.05) is 24.1 Å². The van der Waals surface area contributed by atoms with E-state index in [1.165, 1.54) is 23.1 Å². The Labute approximate surface area is 127 Å². The topological polar surface area (TPSA) is 46.3 Å². The van der Waals surface area contributed by atoms with Gasteiger partial charge in [0.2, 0.25) is 0 Å². The lowest BCUT2D eigenvalue weighted by molar-refractivity contribution is 0.0784. The number of nitrogens with two attached hydrogens (primary N) is 1. The number of nitrogens with zero attached hydrogens (tertiary/aromatic N) is 1. The van der Waals surface area contributed by atoms with Gasteiger partial charge in [0.05, 0.1) is 5.69 Å². The van der Waals surface area contributed by atoms with E-state index in [0.29, 0.717) is 12.1 Å². The normalized spacial score (nSPS) is 10.4. The van der Waals surface area contributed by atoms with E-state index >= 15 is 0 Å². The van der Waals surface area contributed by atoms with Crippen molar-refractivity contribution in [2.45, 2.75) is 11.4 Å². The number of amides is 1. The third kappa shape index (κ3) is 3.76. The highest BCUT2D eigenvalue weighted by atomic mass is 32.2. The molecular formula is C16H17FN2OS. The lowest BCUT2D eigenvalue weighted by atomic mass is 10.1. The molecule has 0 radical (unpaired) electrons. The Balaban J connectivity index is 2.09. The second-order valence-electron chi connectivity index (χ2n) is 4.75. The van der Waals surface area contributed by atoms with Crippen LogP contribution in [0.25, 0.3) is 0 Å². The lowest BCUT2D eigenvalue weighted by Gasteiger charge is -2.17. The molecule has 0 saturated carbocycles. The summed E-state index contributed by atoms with van der Waals surface area (Å²) in [5, 5.41) is 0. The molecule has 0 saturated heterocycles. The third-order valence-corrected chi connectivity index (χ3v) is 3.92. The van der Waals surface area contributed by atoms with Crippen molar-refractivity contribution in [2.75, 3.05) is 19.0 Å². The first kappa shape index (κ1) is 15.4. The first-order valence-electron chi connectivity index (χ1n) is 6.44. The number of halogens is 1. The average molecular weight is 304 g/mol. The van der Waals surface area contributed by atoms with Crippen LogP contribution in [0.3, 0.4) is 0 Å². The Kier molecular flexibility index (Phi) is 4.85. The Morgan fingerprint density at radius 3 is 2.48 bits per heavy atom. The molecular weight excluding hydrogens is 287 g/mol. The summed E-state index contributed by atoms with van der Waals surface area (Å²) in [7, 11) is 1.69. The maximum atomic E-state index is 13.4. The standard InChI is InChI=1S/C16H17FN2OS/c1-19(10-11-3-6-13(21-2)7-4-11)16(20)12-5-8-15(18)14(17)9-12/h3-9H,10,18H2,1-2H3. The van der Waals surface area contributed by atoms with Gasteiger partial charge in [-0.15, -0.1) is 11.8 Å². The second kappa shape index (κ2) is 6.63. The number of anilines is 1. The van der Waals surface area contributed by atoms with Crippen molar-refractivity contribution in [3.05, 3.63) is 59.4 Å². The highest BCUT2D eigenvalue weighted by molar-refractivity contribution is 7.98. The van der Waals surface area contributed by atoms with Crippen LogP contribution in [0.2, 0.25) is 0 Å². The molecule has 0 aliphatic carbocycles. The van der Waals surface area contributed by atoms with Gasteiger partial charge >= 0.3 is 0 Å². The maximum absolute atomic E-state index is 13.4. The molecule has 21 heavy (non-hydrogen) atoms. The highest BCUT2D eigenvalue weighted by Crippen LogP contribution is 2.17. The minimum atomic E-state index is -0.571. The van der Waals surface area contributed by atoms with E-state index in [1.807, 2.05) is 30.5 Å². The van der Waals surface area contributed by atoms with E-state index < -0.39 is 5.82 Å². The molecule has 110 valence electrons. The zero-order valence-corrected chi connectivity index (χ0v) is 12.8. The molecule has 3 nitrogen and oxygen atoms in total. The van der Waals surface area contributed by atoms with Crippen molar-refractivity contribution in [3.63, 3.8) is 0 Å². The van der Waals surface area contributed by atoms with Crippen LogP contribution in [0.15, 0.2) is 47.4 Å². The zero-order valence-electron chi connectivity index (χ0n) is 12.0. The Morgan fingerprint density at radius 2 is 1.90 bits per heavy atom. The van der Waals surface area contributed by atoms with E-state index in [-0.39, 0.29) is 11.6 Å². The smallest absolute Gasteiger partial charge is 0.254 e. The molecule has 2 aromatic carbocycles. The van der Waals surface area contributed by atoms with Crippen LogP contribution in [0, 0.1) is 5.82 Å². The van der Waals surface area contributed by atoms with Crippen LogP contribution in [0.1, 0.15) is 15.9 Å². The number of benzene rings is 2. The summed E-state index contributed by atoms with van der Waals surface area (Å²) in [6, 6.07) is 12.1. The van der Waals surface area contributed by atoms with Gasteiger partial charge in [0.1, 0.15) is 5.82 Å². The Morgan fingerprint density at radius 1 is 1.24 bits per heavy atom. The van der Waals surface area contributed by atoms with Crippen LogP contribution >= 0.6 is 11.8 Å². The van der Waals surface area contributed by atoms with Crippen molar-refractivity contribution in [3.8, 4) is 0 Å². The first-order chi connectivity index (χ1) is 10.0. The lowest BCUT2D eigenvalue weighted by Crippen LogP contribution is -2.26. The molecule has 0 bridgehead atoms. The van der Waals surface area contributed by atoms with Gasteiger partial charge in [0.15, 0.2) is 0 Å². The van der Waals surface area contributed by atoms with Gasteiger partial charge in [-0.2, -0.15) is 0 Å². The number of carbonyl (C=O) groups is 1. The second-order valence-corrected chi connectivity index (χ2v) is 5.63. The maximum Gasteiger partial charge on any atom is 0.254 e. The van der Waals surface area contributed by atoms with Crippen molar-refractivity contribution in [1.29, 1.82) is 0 Å². The van der Waals surface area contributed by atoms with Crippen molar-refractivity contribution >= 4 is 23.4 Å². The van der Waals surface area contributed by atoms with E-state index in [0.717, 1.165) is 5.56 Å². The van der Waals surface area contributed by atoms with Gasteiger partial charge in [-0.05, 0) is 42.2 Å². The SMILES string of the molecule is CSc1ccc(CN(C)C(=O)c2ccc(N)c(F)c2)cc1. The van der Waals surface area contributed by atoms with Gasteiger partial charge < -0.3 is 10.6 Å². The molecule has 0 fully saturated rings. The van der Waals surface area contributed by atoms with Crippen LogP contribution in [-0.4, -0.2) is 24.1 Å². The van der Waals surface area contributed by atoms with Crippen molar-refractivity contribution in [1.82, 2.24) is 4.90 Å². The summed E-state index contributed by atoms with van der Waals surface area (Å²) < 4.78 is 13.4. The number of hydrogen-bond acceptors (Lipinski definition) is 3. The number of hydrogen-bond donors (Lipinski definition) is 1. The number of rotatable bonds is 4. The van der Waals surface area contributed by atoms with Crippen LogP contribution in [0.4, 0.5) is 10.1 Å². The fourth-order valence-corrected chi connectivity index (χ4v) is 2.37. The fraction of sp³-hybridized carbons (Fsp3) is 0.188. The molecule has 0 aliphatic heterocycles. The molecule has 0 unspecified atom stereocenters. The van der Waals surface area contributed by atoms with Gasteiger partial charge in [-0.1, -0.05) is 12.1 Å². The number of nitrogen functional groups attached to an aromatic ring is 1. The molecule has 5 heteroatoms. The van der Waals surface area contributed by atoms with Gasteiger partial charge in [-0.25, -0.2) is 4.39 Å². The molecule has 1 amide bonds. The minimum absolute atomic E-state index is 0.0434. The quantitative estimate of drug-likeness (QED) is 0.695. The number of thioether (sulfide) groups is 1. The summed E-state index contributed by atoms with van der Waals surface area (Å²) >= 11 is 1.67. The van der Waals surface area contributed by atoms with E-state index in [4.69, 9.17) is 5.73 Å². The monoisotopic (exact) mass is 304 g/mol. The summed E-state index contributed by atoms with van der Waals surface area (Å²) in [5.41, 5.74) is 6.78. The van der Waals surface area contributed by atoms with Gasteiger partial charge in [0.25, 0.3) is 5.91 Å². The first-order valence-corrected chi connectivity index (χ1v) is 7.67. The predicted octanol–water partition coefficient (Wildman–Crippen LogP) is 3.40. The Bertz CT molecular complexity index is 643. The zero-order chi connectivity index (χ0) is 15.4. The fourth-order valence-electron chi connectivity index (χ4n) is 1.96. The van der Waals surface area contributed by atoms with Crippen molar-refractivity contribution in [2.24, 2.45) is 0 Å². The molecule has 0 heterocycles. The van der Waals surface area contributed by atoms with E-state index in [9.17, 15) is 9.18 Å². The largest absolute Gasteiger partial charge is 0.396 e. The molecule has 0 aliphatic rings. The summed E-state index contributed by atoms with van der Waals surface area (Å²) in [6.07, 6.45) is 2.01. The molecule has 2 aromatic rings. The van der Waals surface area contributed by atoms with Crippen LogP contribution < -0.4 is 5.73 Å². The summed E-state index contributed by atoms with van der Waals surface area (Å²) in [5.74, 6) is -0.804. The predicted molar refractivity (Wildman–Crippen MR) is 84.8 cm³/mol. The molecule has 2 N–H and O–H groups in total. The van der Waals surface area contributed by atoms with Gasteiger partial charge in [-0.3, -0.25) is 4.79 Å². The molecule has 0 aromatic heterocycles. The van der Waals surface area contributed by atoms with Crippen molar-refractivity contribution < 1.29 is 9.18 Å². The molecule has 0 spiro atoms. The van der Waals surface area contributed by atoms with Crippen LogP contribution in [-0.2, 0) is 6.54 Å². The average Bonchev–Trinajstić information content (AvgIpc) is 2.50. The summed E-state index contributed by atoms with van der Waals surface area (Å²) in [4.78, 5) is 15.0. The number of carbonyl (C=O) groups excluding carboxylic acids is 1. The molecule has 2 rings (SSSR count). The highest BCUT2D eigenvalue weighted by Gasteiger charge is 2.13. The Hall–Kier alpha value is -2.01. The summed E-state index contributed by atoms with van der Waals surface area (Å²) in [6.45, 7) is 0.472. The minimum Gasteiger partial charge on any atom is -0.396 e. The van der Waals surface area contributed by atoms with Crippen LogP contribution in [0.5, 0.6) is 0 Å².